The summed E-state index contributed by atoms with van der Waals surface area (Å²) in [5.74, 6) is 1.05. The van der Waals surface area contributed by atoms with E-state index in [1.54, 1.807) is 26.5 Å². The molecule has 4 aromatic rings. The second-order valence-corrected chi connectivity index (χ2v) is 6.50. The van der Waals surface area contributed by atoms with Gasteiger partial charge in [-0.05, 0) is 52.7 Å². The van der Waals surface area contributed by atoms with E-state index in [9.17, 15) is 4.79 Å². The zero-order valence-corrected chi connectivity index (χ0v) is 16.5. The number of hydrogen-bond acceptors (Lipinski definition) is 5. The molecule has 1 heterocycles. The molecule has 150 valence electrons. The van der Waals surface area contributed by atoms with Gasteiger partial charge in [0.25, 0.3) is 5.91 Å². The normalized spacial score (nSPS) is 11.0. The fourth-order valence-corrected chi connectivity index (χ4v) is 3.17. The highest BCUT2D eigenvalue weighted by Gasteiger charge is 2.16. The highest BCUT2D eigenvalue weighted by Crippen LogP contribution is 2.36. The molecule has 0 bridgehead atoms. The van der Waals surface area contributed by atoms with Crippen molar-refractivity contribution in [2.75, 3.05) is 14.2 Å². The second-order valence-electron chi connectivity index (χ2n) is 6.50. The number of carbonyl (C=O) groups excluding carboxylic acids is 1. The van der Waals surface area contributed by atoms with E-state index < -0.39 is 5.91 Å². The summed E-state index contributed by atoms with van der Waals surface area (Å²) in [6.45, 7) is 0. The van der Waals surface area contributed by atoms with E-state index in [1.165, 1.54) is 0 Å². The number of nitrogens with zero attached hydrogens (tertiary/aromatic N) is 2. The average molecular weight is 400 g/mol. The van der Waals surface area contributed by atoms with E-state index in [4.69, 9.17) is 9.47 Å². The van der Waals surface area contributed by atoms with Gasteiger partial charge in [0, 0.05) is 0 Å². The molecule has 0 atom stereocenters. The SMILES string of the molecule is COc1ccc(/C=N/NC(=O)c2cc(-c3c(OC)ccc4ccccc34)n[nH]2)cc1. The molecule has 0 unspecified atom stereocenters. The molecular formula is C23H20N4O3. The molecule has 0 saturated carbocycles. The lowest BCUT2D eigenvalue weighted by Gasteiger charge is -2.09. The molecule has 0 fully saturated rings. The Morgan fingerprint density at radius 3 is 2.60 bits per heavy atom. The van der Waals surface area contributed by atoms with Crippen molar-refractivity contribution in [1.82, 2.24) is 15.6 Å². The summed E-state index contributed by atoms with van der Waals surface area (Å²) < 4.78 is 10.6. The van der Waals surface area contributed by atoms with Crippen molar-refractivity contribution >= 4 is 22.9 Å². The van der Waals surface area contributed by atoms with Crippen LogP contribution in [0.4, 0.5) is 0 Å². The monoisotopic (exact) mass is 400 g/mol. The third-order valence-corrected chi connectivity index (χ3v) is 4.68. The van der Waals surface area contributed by atoms with Gasteiger partial charge in [-0.1, -0.05) is 30.3 Å². The maximum atomic E-state index is 12.5. The molecule has 1 aromatic heterocycles. The number of aromatic nitrogens is 2. The summed E-state index contributed by atoms with van der Waals surface area (Å²) in [4.78, 5) is 12.5. The van der Waals surface area contributed by atoms with Gasteiger partial charge in [0.05, 0.1) is 31.7 Å². The Hall–Kier alpha value is -4.13. The van der Waals surface area contributed by atoms with E-state index in [0.717, 1.165) is 27.6 Å². The van der Waals surface area contributed by atoms with E-state index in [1.807, 2.05) is 60.7 Å². The van der Waals surface area contributed by atoms with Crippen LogP contribution in [0.5, 0.6) is 11.5 Å². The van der Waals surface area contributed by atoms with Gasteiger partial charge in [0.15, 0.2) is 0 Å². The Kier molecular flexibility index (Phi) is 5.43. The van der Waals surface area contributed by atoms with Gasteiger partial charge < -0.3 is 9.47 Å². The van der Waals surface area contributed by atoms with E-state index in [-0.39, 0.29) is 0 Å². The summed E-state index contributed by atoms with van der Waals surface area (Å²) in [6.07, 6.45) is 1.56. The van der Waals surface area contributed by atoms with Gasteiger partial charge in [0.1, 0.15) is 17.2 Å². The number of methoxy groups -OCH3 is 2. The van der Waals surface area contributed by atoms with Crippen LogP contribution in [0.2, 0.25) is 0 Å². The first-order valence-electron chi connectivity index (χ1n) is 9.28. The molecule has 30 heavy (non-hydrogen) atoms. The van der Waals surface area contributed by atoms with E-state index >= 15 is 0 Å². The predicted octanol–water partition coefficient (Wildman–Crippen LogP) is 4.01. The molecule has 1 amide bonds. The Morgan fingerprint density at radius 2 is 1.83 bits per heavy atom. The second kappa shape index (κ2) is 8.48. The first kappa shape index (κ1) is 19.2. The number of amides is 1. The van der Waals surface area contributed by atoms with Crippen LogP contribution in [0.25, 0.3) is 22.0 Å². The van der Waals surface area contributed by atoms with Crippen molar-refractivity contribution in [3.05, 3.63) is 78.0 Å². The maximum absolute atomic E-state index is 12.5. The molecule has 0 aliphatic heterocycles. The lowest BCUT2D eigenvalue weighted by molar-refractivity contribution is 0.0950. The summed E-state index contributed by atoms with van der Waals surface area (Å²) in [7, 11) is 3.22. The minimum absolute atomic E-state index is 0.298. The smallest absolute Gasteiger partial charge is 0.289 e. The number of fused-ring (bicyclic) bond motifs is 1. The molecule has 4 rings (SSSR count). The molecule has 0 spiro atoms. The summed E-state index contributed by atoms with van der Waals surface area (Å²) in [6, 6.07) is 20.9. The van der Waals surface area contributed by atoms with Crippen LogP contribution in [0.3, 0.4) is 0 Å². The fraction of sp³-hybridized carbons (Fsp3) is 0.0870. The van der Waals surface area contributed by atoms with Crippen molar-refractivity contribution in [1.29, 1.82) is 0 Å². The number of ether oxygens (including phenoxy) is 2. The first-order chi connectivity index (χ1) is 14.7. The Balaban J connectivity index is 1.55. The van der Waals surface area contributed by atoms with Gasteiger partial charge in [-0.3, -0.25) is 9.89 Å². The van der Waals surface area contributed by atoms with Gasteiger partial charge in [-0.25, -0.2) is 5.43 Å². The number of carbonyl (C=O) groups is 1. The molecule has 0 aliphatic rings. The Labute approximate surface area is 173 Å². The standard InChI is InChI=1S/C23H20N4O3/c1-29-17-10-7-15(8-11-17)14-24-27-23(28)20-13-19(25-26-20)22-18-6-4-3-5-16(18)9-12-21(22)30-2/h3-14H,1-2H3,(H,25,26)(H,27,28)/b24-14+. The zero-order valence-electron chi connectivity index (χ0n) is 16.5. The Morgan fingerprint density at radius 1 is 1.03 bits per heavy atom. The number of hydrogen-bond donors (Lipinski definition) is 2. The fourth-order valence-electron chi connectivity index (χ4n) is 3.17. The molecule has 7 heteroatoms. The van der Waals surface area contributed by atoms with Crippen LogP contribution in [0.15, 0.2) is 71.8 Å². The zero-order chi connectivity index (χ0) is 20.9. The molecule has 7 nitrogen and oxygen atoms in total. The number of nitrogens with one attached hydrogen (secondary N) is 2. The van der Waals surface area contributed by atoms with Gasteiger partial charge in [-0.15, -0.1) is 0 Å². The number of rotatable bonds is 6. The molecule has 2 N–H and O–H groups in total. The quantitative estimate of drug-likeness (QED) is 0.378. The van der Waals surface area contributed by atoms with Crippen LogP contribution < -0.4 is 14.9 Å². The van der Waals surface area contributed by atoms with Crippen molar-refractivity contribution in [2.45, 2.75) is 0 Å². The van der Waals surface area contributed by atoms with Gasteiger partial charge in [-0.2, -0.15) is 10.2 Å². The lowest BCUT2D eigenvalue weighted by atomic mass is 10.0. The summed E-state index contributed by atoms with van der Waals surface area (Å²) in [5.41, 5.74) is 5.08. The summed E-state index contributed by atoms with van der Waals surface area (Å²) in [5, 5.41) is 13.2. The minimum Gasteiger partial charge on any atom is -0.497 e. The van der Waals surface area contributed by atoms with Crippen molar-refractivity contribution in [3.63, 3.8) is 0 Å². The van der Waals surface area contributed by atoms with Gasteiger partial charge in [0.2, 0.25) is 0 Å². The third-order valence-electron chi connectivity index (χ3n) is 4.68. The van der Waals surface area contributed by atoms with Crippen LogP contribution in [0, 0.1) is 0 Å². The maximum Gasteiger partial charge on any atom is 0.289 e. The molecule has 0 aliphatic carbocycles. The van der Waals surface area contributed by atoms with Crippen LogP contribution in [0.1, 0.15) is 16.1 Å². The van der Waals surface area contributed by atoms with Crippen LogP contribution in [-0.2, 0) is 0 Å². The molecular weight excluding hydrogens is 380 g/mol. The predicted molar refractivity (Wildman–Crippen MR) is 116 cm³/mol. The number of H-pyrrole nitrogens is 1. The van der Waals surface area contributed by atoms with Crippen molar-refractivity contribution in [3.8, 4) is 22.8 Å². The topological polar surface area (TPSA) is 88.6 Å². The largest absolute Gasteiger partial charge is 0.497 e. The average Bonchev–Trinajstić information content (AvgIpc) is 3.28. The highest BCUT2D eigenvalue weighted by atomic mass is 16.5. The highest BCUT2D eigenvalue weighted by molar-refractivity contribution is 6.00. The number of aromatic amines is 1. The summed E-state index contributed by atoms with van der Waals surface area (Å²) >= 11 is 0. The Bertz CT molecular complexity index is 1210. The lowest BCUT2D eigenvalue weighted by Crippen LogP contribution is -2.17. The van der Waals surface area contributed by atoms with Crippen molar-refractivity contribution < 1.29 is 14.3 Å². The van der Waals surface area contributed by atoms with Crippen LogP contribution in [-0.4, -0.2) is 36.5 Å². The first-order valence-corrected chi connectivity index (χ1v) is 9.28. The van der Waals surface area contributed by atoms with E-state index in [2.05, 4.69) is 20.7 Å². The number of hydrazone groups is 1. The van der Waals surface area contributed by atoms with Gasteiger partial charge >= 0.3 is 0 Å². The third kappa shape index (κ3) is 3.86. The molecule has 0 saturated heterocycles. The van der Waals surface area contributed by atoms with Crippen LogP contribution >= 0.6 is 0 Å². The van der Waals surface area contributed by atoms with Crippen molar-refractivity contribution in [2.24, 2.45) is 5.10 Å². The number of benzene rings is 3. The van der Waals surface area contributed by atoms with E-state index in [0.29, 0.717) is 17.1 Å². The molecule has 3 aromatic carbocycles. The minimum atomic E-state index is -0.391. The molecule has 0 radical (unpaired) electrons.